The molecule has 0 radical (unpaired) electrons. The van der Waals surface area contributed by atoms with Crippen molar-refractivity contribution in [2.75, 3.05) is 19.7 Å². The lowest BCUT2D eigenvalue weighted by molar-refractivity contribution is -0.188. The smallest absolute Gasteiger partial charge is 0.369 e. The molecular weight excluding hydrogens is 285 g/mol. The van der Waals surface area contributed by atoms with Crippen molar-refractivity contribution in [1.29, 1.82) is 0 Å². The largest absolute Gasteiger partial charge is 0.411 e. The highest BCUT2D eigenvalue weighted by Crippen LogP contribution is 2.27. The van der Waals surface area contributed by atoms with Crippen molar-refractivity contribution in [3.63, 3.8) is 0 Å². The Hall–Kier alpha value is -0.820. The minimum absolute atomic E-state index is 0.0767. The van der Waals surface area contributed by atoms with E-state index < -0.39 is 18.9 Å². The first-order chi connectivity index (χ1) is 9.92. The summed E-state index contributed by atoms with van der Waals surface area (Å²) in [6.07, 6.45) is 0.439. The molecule has 0 aromatic rings. The van der Waals surface area contributed by atoms with Crippen molar-refractivity contribution in [3.8, 4) is 0 Å². The zero-order chi connectivity index (χ0) is 15.3. The van der Waals surface area contributed by atoms with Crippen LogP contribution in [0, 0.1) is 5.92 Å². The van der Waals surface area contributed by atoms with Crippen LogP contribution in [0.3, 0.4) is 0 Å². The summed E-state index contributed by atoms with van der Waals surface area (Å²) in [4.78, 5) is 11.7. The van der Waals surface area contributed by atoms with Gasteiger partial charge in [-0.1, -0.05) is 0 Å². The lowest BCUT2D eigenvalue weighted by atomic mass is 9.93. The number of nitrogens with one attached hydrogen (secondary N) is 2. The van der Waals surface area contributed by atoms with Crippen molar-refractivity contribution >= 4 is 5.91 Å². The van der Waals surface area contributed by atoms with E-state index in [4.69, 9.17) is 4.74 Å². The van der Waals surface area contributed by atoms with Crippen LogP contribution in [0.4, 0.5) is 13.2 Å². The molecule has 2 rings (SSSR count). The third-order valence-electron chi connectivity index (χ3n) is 3.89. The molecule has 2 aliphatic carbocycles. The van der Waals surface area contributed by atoms with Crippen LogP contribution in [0.2, 0.25) is 0 Å². The van der Waals surface area contributed by atoms with Crippen LogP contribution >= 0.6 is 0 Å². The van der Waals surface area contributed by atoms with Gasteiger partial charge in [0.2, 0.25) is 5.91 Å². The van der Waals surface area contributed by atoms with Gasteiger partial charge in [-0.25, -0.2) is 0 Å². The van der Waals surface area contributed by atoms with Gasteiger partial charge in [0.15, 0.2) is 0 Å². The number of alkyl halides is 3. The molecule has 0 aromatic carbocycles. The Bertz CT molecular complexity index is 346. The van der Waals surface area contributed by atoms with Gasteiger partial charge < -0.3 is 15.4 Å². The zero-order valence-electron chi connectivity index (χ0n) is 12.0. The van der Waals surface area contributed by atoms with E-state index in [9.17, 15) is 18.0 Å². The van der Waals surface area contributed by atoms with Crippen molar-refractivity contribution in [3.05, 3.63) is 0 Å². The number of carbonyl (C=O) groups is 1. The maximum absolute atomic E-state index is 12.1. The van der Waals surface area contributed by atoms with Gasteiger partial charge in [-0.2, -0.15) is 13.2 Å². The van der Waals surface area contributed by atoms with Crippen molar-refractivity contribution < 1.29 is 22.7 Å². The Morgan fingerprint density at radius 3 is 2.62 bits per heavy atom. The number of rotatable bonds is 7. The van der Waals surface area contributed by atoms with Crippen LogP contribution in [0.5, 0.6) is 0 Å². The summed E-state index contributed by atoms with van der Waals surface area (Å²) in [7, 11) is 0. The normalized spacial score (nSPS) is 26.6. The predicted molar refractivity (Wildman–Crippen MR) is 71.8 cm³/mol. The van der Waals surface area contributed by atoms with Gasteiger partial charge in [-0.3, -0.25) is 4.79 Å². The van der Waals surface area contributed by atoms with E-state index >= 15 is 0 Å². The summed E-state index contributed by atoms with van der Waals surface area (Å²) in [5, 5.41) is 5.98. The molecule has 2 atom stereocenters. The molecular formula is C14H23F3N2O2. The number of ether oxygens (including phenoxy) is 1. The first-order valence-corrected chi connectivity index (χ1v) is 7.61. The molecule has 1 amide bonds. The fourth-order valence-electron chi connectivity index (χ4n) is 2.63. The van der Waals surface area contributed by atoms with E-state index in [-0.39, 0.29) is 18.5 Å². The van der Waals surface area contributed by atoms with Gasteiger partial charge in [0.25, 0.3) is 0 Å². The summed E-state index contributed by atoms with van der Waals surface area (Å²) in [5.41, 5.74) is 0. The Kier molecular flexibility index (Phi) is 5.87. The highest BCUT2D eigenvalue weighted by atomic mass is 19.4. The Labute approximate surface area is 122 Å². The van der Waals surface area contributed by atoms with Gasteiger partial charge in [-0.15, -0.1) is 0 Å². The van der Waals surface area contributed by atoms with E-state index in [0.29, 0.717) is 18.8 Å². The highest BCUT2D eigenvalue weighted by Gasteiger charge is 2.31. The third-order valence-corrected chi connectivity index (χ3v) is 3.89. The summed E-state index contributed by atoms with van der Waals surface area (Å²) >= 11 is 0. The second kappa shape index (κ2) is 7.45. The van der Waals surface area contributed by atoms with Crippen molar-refractivity contribution in [2.24, 2.45) is 5.92 Å². The van der Waals surface area contributed by atoms with Gasteiger partial charge in [-0.05, 0) is 51.0 Å². The number of halogens is 3. The van der Waals surface area contributed by atoms with E-state index in [1.54, 1.807) is 0 Å². The molecule has 2 N–H and O–H groups in total. The SMILES string of the molecule is O=C(CNCC1CC1)NC1CCCC(OCC(F)(F)F)C1. The maximum atomic E-state index is 12.1. The molecule has 0 heterocycles. The van der Waals surface area contributed by atoms with Crippen LogP contribution in [-0.2, 0) is 9.53 Å². The predicted octanol–water partition coefficient (Wildman–Crippen LogP) is 1.99. The molecule has 7 heteroatoms. The monoisotopic (exact) mass is 308 g/mol. The van der Waals surface area contributed by atoms with Crippen LogP contribution < -0.4 is 10.6 Å². The number of hydrogen-bond acceptors (Lipinski definition) is 3. The number of carbonyl (C=O) groups excluding carboxylic acids is 1. The average molecular weight is 308 g/mol. The second-order valence-electron chi connectivity index (χ2n) is 6.05. The quantitative estimate of drug-likeness (QED) is 0.756. The minimum Gasteiger partial charge on any atom is -0.369 e. The summed E-state index contributed by atoms with van der Waals surface area (Å²) in [6.45, 7) is -0.0578. The molecule has 0 aliphatic heterocycles. The third kappa shape index (κ3) is 7.13. The fourth-order valence-corrected chi connectivity index (χ4v) is 2.63. The van der Waals surface area contributed by atoms with E-state index in [2.05, 4.69) is 10.6 Å². The first-order valence-electron chi connectivity index (χ1n) is 7.61. The van der Waals surface area contributed by atoms with E-state index in [1.807, 2.05) is 0 Å². The van der Waals surface area contributed by atoms with Gasteiger partial charge in [0.05, 0.1) is 12.6 Å². The minimum atomic E-state index is -4.29. The molecule has 2 unspecified atom stereocenters. The van der Waals surface area contributed by atoms with E-state index in [0.717, 1.165) is 19.4 Å². The molecule has 2 saturated carbocycles. The molecule has 0 saturated heterocycles. The van der Waals surface area contributed by atoms with Gasteiger partial charge in [0, 0.05) is 6.04 Å². The van der Waals surface area contributed by atoms with Crippen LogP contribution in [0.1, 0.15) is 38.5 Å². The molecule has 2 fully saturated rings. The summed E-state index contributed by atoms with van der Waals surface area (Å²) < 4.78 is 41.3. The fraction of sp³-hybridized carbons (Fsp3) is 0.929. The second-order valence-corrected chi connectivity index (χ2v) is 6.05. The molecule has 122 valence electrons. The highest BCUT2D eigenvalue weighted by molar-refractivity contribution is 5.78. The molecule has 0 spiro atoms. The molecule has 2 aliphatic rings. The van der Waals surface area contributed by atoms with Crippen LogP contribution in [0.15, 0.2) is 0 Å². The zero-order valence-corrected chi connectivity index (χ0v) is 12.0. The lowest BCUT2D eigenvalue weighted by Gasteiger charge is -2.30. The van der Waals surface area contributed by atoms with Crippen LogP contribution in [0.25, 0.3) is 0 Å². The average Bonchev–Trinajstić information content (AvgIpc) is 3.20. The Morgan fingerprint density at radius 2 is 1.95 bits per heavy atom. The molecule has 4 nitrogen and oxygen atoms in total. The Balaban J connectivity index is 1.61. The lowest BCUT2D eigenvalue weighted by Crippen LogP contribution is -2.44. The molecule has 0 bridgehead atoms. The summed E-state index contributed by atoms with van der Waals surface area (Å²) in [5.74, 6) is 0.629. The number of amides is 1. The molecule has 0 aromatic heterocycles. The Morgan fingerprint density at radius 1 is 1.19 bits per heavy atom. The van der Waals surface area contributed by atoms with Crippen LogP contribution in [-0.4, -0.2) is 43.9 Å². The molecule has 21 heavy (non-hydrogen) atoms. The standard InChI is InChI=1S/C14H23F3N2O2/c15-14(16,17)9-21-12-3-1-2-11(6-12)19-13(20)8-18-7-10-4-5-10/h10-12,18H,1-9H2,(H,19,20). The van der Waals surface area contributed by atoms with Gasteiger partial charge >= 0.3 is 6.18 Å². The summed E-state index contributed by atoms with van der Waals surface area (Å²) in [6, 6.07) is -0.0767. The van der Waals surface area contributed by atoms with Crippen molar-refractivity contribution in [1.82, 2.24) is 10.6 Å². The number of hydrogen-bond donors (Lipinski definition) is 2. The van der Waals surface area contributed by atoms with E-state index in [1.165, 1.54) is 12.8 Å². The first kappa shape index (κ1) is 16.5. The topological polar surface area (TPSA) is 50.4 Å². The maximum Gasteiger partial charge on any atom is 0.411 e. The van der Waals surface area contributed by atoms with Crippen molar-refractivity contribution in [2.45, 2.75) is 56.8 Å². The van der Waals surface area contributed by atoms with Gasteiger partial charge in [0.1, 0.15) is 6.61 Å².